The molecule has 0 radical (unpaired) electrons. The molecule has 10 aromatic rings. The molecule has 0 spiro atoms. The molecule has 0 aromatic heterocycles. The van der Waals surface area contributed by atoms with Crippen molar-refractivity contribution >= 4 is 65.8 Å². The second kappa shape index (κ2) is 17.3. The van der Waals surface area contributed by atoms with Gasteiger partial charge in [0.25, 0.3) is 0 Å². The maximum atomic E-state index is 2.37. The number of hydrogen-bond donors (Lipinski definition) is 0. The van der Waals surface area contributed by atoms with Crippen molar-refractivity contribution in [2.24, 2.45) is 0 Å². The number of anilines is 4. The molecule has 11 rings (SSSR count). The molecular weight excluding hydrogens is 749 g/mol. The average Bonchev–Trinajstić information content (AvgIpc) is 3.64. The topological polar surface area (TPSA) is 6.48 Å². The van der Waals surface area contributed by atoms with Crippen LogP contribution in [0.5, 0.6) is 0 Å². The van der Waals surface area contributed by atoms with Gasteiger partial charge in [-0.1, -0.05) is 194 Å². The highest BCUT2D eigenvalue weighted by Gasteiger charge is 2.21. The van der Waals surface area contributed by atoms with E-state index in [9.17, 15) is 0 Å². The van der Waals surface area contributed by atoms with E-state index < -0.39 is 0 Å². The maximum Gasteiger partial charge on any atom is 0.0540 e. The number of rotatable bonds is 7. The zero-order chi connectivity index (χ0) is 41.7. The summed E-state index contributed by atoms with van der Waals surface area (Å²) in [7, 11) is 2.09. The second-order valence-electron chi connectivity index (χ2n) is 15.6. The summed E-state index contributed by atoms with van der Waals surface area (Å²) in [4.78, 5) is 4.55. The van der Waals surface area contributed by atoms with Gasteiger partial charge in [-0.3, -0.25) is 0 Å². The van der Waals surface area contributed by atoms with Crippen molar-refractivity contribution in [3.8, 4) is 22.3 Å². The monoisotopic (exact) mass is 794 g/mol. The summed E-state index contributed by atoms with van der Waals surface area (Å²) in [5.41, 5.74) is 10.9. The Labute approximate surface area is 364 Å². The van der Waals surface area contributed by atoms with E-state index in [4.69, 9.17) is 0 Å². The third kappa shape index (κ3) is 7.33. The van der Waals surface area contributed by atoms with E-state index in [2.05, 4.69) is 260 Å². The van der Waals surface area contributed by atoms with E-state index in [1.54, 1.807) is 0 Å². The number of likely N-dealkylation sites (N-methyl/N-ethyl adjacent to an activating group) is 1. The fourth-order valence-corrected chi connectivity index (χ4v) is 9.02. The molecule has 62 heavy (non-hydrogen) atoms. The first-order valence-corrected chi connectivity index (χ1v) is 21.4. The molecule has 2 heteroatoms. The zero-order valence-electron chi connectivity index (χ0n) is 34.8. The first-order chi connectivity index (χ1) is 30.7. The Morgan fingerprint density at radius 2 is 0.806 bits per heavy atom. The smallest absolute Gasteiger partial charge is 0.0540 e. The molecule has 0 N–H and O–H groups in total. The van der Waals surface area contributed by atoms with Crippen LogP contribution in [0.4, 0.5) is 22.7 Å². The van der Waals surface area contributed by atoms with Gasteiger partial charge in [0.15, 0.2) is 0 Å². The number of hydrogen-bond acceptors (Lipinski definition) is 2. The predicted molar refractivity (Wildman–Crippen MR) is 268 cm³/mol. The second-order valence-corrected chi connectivity index (χ2v) is 15.6. The van der Waals surface area contributed by atoms with Gasteiger partial charge in [0.05, 0.1) is 5.69 Å². The minimum Gasteiger partial charge on any atom is -0.345 e. The summed E-state index contributed by atoms with van der Waals surface area (Å²) in [6.07, 6.45) is 11.7. The van der Waals surface area contributed by atoms with Crippen molar-refractivity contribution in [3.63, 3.8) is 0 Å². The Hall–Kier alpha value is -7.94. The largest absolute Gasteiger partial charge is 0.345 e. The third-order valence-corrected chi connectivity index (χ3v) is 11.9. The molecule has 1 aliphatic carbocycles. The van der Waals surface area contributed by atoms with Crippen LogP contribution in [-0.2, 0) is 0 Å². The number of nitrogens with zero attached hydrogens (tertiary/aromatic N) is 2. The van der Waals surface area contributed by atoms with Gasteiger partial charge < -0.3 is 9.80 Å². The summed E-state index contributed by atoms with van der Waals surface area (Å²) < 4.78 is 0. The highest BCUT2D eigenvalue weighted by molar-refractivity contribution is 6.25. The van der Waals surface area contributed by atoms with Crippen molar-refractivity contribution in [3.05, 3.63) is 254 Å². The van der Waals surface area contributed by atoms with E-state index in [1.807, 2.05) is 6.07 Å². The van der Waals surface area contributed by atoms with E-state index in [0.717, 1.165) is 23.5 Å². The molecular formula is C60H46N2. The van der Waals surface area contributed by atoms with Crippen molar-refractivity contribution in [1.82, 2.24) is 0 Å². The summed E-state index contributed by atoms with van der Waals surface area (Å²) in [5, 5.41) is 10.0. The van der Waals surface area contributed by atoms with Crippen LogP contribution in [0.2, 0.25) is 0 Å². The van der Waals surface area contributed by atoms with Crippen LogP contribution >= 0.6 is 0 Å². The maximum absolute atomic E-state index is 2.37. The SMILES string of the molecule is CN(C1=CC=CCC=C1)c1ccccc1.c1ccc(N(c2ccccc2)c2ccc(-c3c4ccccc4c(-c4cccc5ccccc45)c4ccccc34)c3ccccc23)cc1. The fourth-order valence-electron chi connectivity index (χ4n) is 9.02. The summed E-state index contributed by atoms with van der Waals surface area (Å²) >= 11 is 0. The third-order valence-electron chi connectivity index (χ3n) is 11.9. The van der Waals surface area contributed by atoms with Crippen molar-refractivity contribution < 1.29 is 0 Å². The van der Waals surface area contributed by atoms with Gasteiger partial charge in [-0.05, 0) is 121 Å². The first kappa shape index (κ1) is 38.3. The molecule has 0 saturated carbocycles. The number of benzene rings is 10. The van der Waals surface area contributed by atoms with E-state index in [0.29, 0.717) is 0 Å². The Balaban J connectivity index is 0.000000259. The van der Waals surface area contributed by atoms with Gasteiger partial charge in [-0.15, -0.1) is 0 Å². The van der Waals surface area contributed by atoms with E-state index in [1.165, 1.54) is 76.7 Å². The van der Waals surface area contributed by atoms with Gasteiger partial charge >= 0.3 is 0 Å². The number of allylic oxidation sites excluding steroid dienone is 5. The van der Waals surface area contributed by atoms with Crippen LogP contribution < -0.4 is 9.80 Å². The highest BCUT2D eigenvalue weighted by atomic mass is 15.1. The van der Waals surface area contributed by atoms with Gasteiger partial charge in [0, 0.05) is 35.2 Å². The summed E-state index contributed by atoms with van der Waals surface area (Å²) in [5.74, 6) is 0. The Morgan fingerprint density at radius 3 is 1.39 bits per heavy atom. The van der Waals surface area contributed by atoms with Gasteiger partial charge in [-0.2, -0.15) is 0 Å². The minimum atomic E-state index is 1.02. The number of para-hydroxylation sites is 3. The molecule has 0 heterocycles. The highest BCUT2D eigenvalue weighted by Crippen LogP contribution is 2.48. The van der Waals surface area contributed by atoms with Crippen LogP contribution in [0, 0.1) is 0 Å². The Morgan fingerprint density at radius 1 is 0.355 bits per heavy atom. The zero-order valence-corrected chi connectivity index (χ0v) is 34.8. The molecule has 0 fully saturated rings. The summed E-state index contributed by atoms with van der Waals surface area (Å²) in [6.45, 7) is 0. The normalized spacial score (nSPS) is 12.2. The van der Waals surface area contributed by atoms with Crippen molar-refractivity contribution in [2.75, 3.05) is 16.8 Å². The molecule has 0 saturated heterocycles. The first-order valence-electron chi connectivity index (χ1n) is 21.4. The van der Waals surface area contributed by atoms with Crippen molar-refractivity contribution in [1.29, 1.82) is 0 Å². The quantitative estimate of drug-likeness (QED) is 0.148. The Kier molecular flexibility index (Phi) is 10.7. The molecule has 2 nitrogen and oxygen atoms in total. The van der Waals surface area contributed by atoms with Crippen LogP contribution in [0.1, 0.15) is 6.42 Å². The predicted octanol–water partition coefficient (Wildman–Crippen LogP) is 16.6. The number of fused-ring (bicyclic) bond motifs is 4. The average molecular weight is 795 g/mol. The van der Waals surface area contributed by atoms with Crippen LogP contribution in [0.3, 0.4) is 0 Å². The minimum absolute atomic E-state index is 1.02. The molecule has 0 bridgehead atoms. The Bertz CT molecular complexity index is 3170. The van der Waals surface area contributed by atoms with Gasteiger partial charge in [0.1, 0.15) is 0 Å². The van der Waals surface area contributed by atoms with E-state index >= 15 is 0 Å². The lowest BCUT2D eigenvalue weighted by atomic mass is 9.83. The van der Waals surface area contributed by atoms with Crippen molar-refractivity contribution in [2.45, 2.75) is 6.42 Å². The molecule has 0 unspecified atom stereocenters. The molecule has 0 amide bonds. The van der Waals surface area contributed by atoms with Gasteiger partial charge in [-0.25, -0.2) is 0 Å². The fraction of sp³-hybridized carbons (Fsp3) is 0.0333. The van der Waals surface area contributed by atoms with Crippen LogP contribution in [0.15, 0.2) is 254 Å². The lowest BCUT2D eigenvalue weighted by Crippen LogP contribution is -2.14. The molecule has 0 atom stereocenters. The standard InChI is InChI=1S/C46H31N.C14H15N/c1-3-18-33(19-4-1)47(34-20-5-2-6-21-34)44-31-30-43(36-23-9-10-24-37(36)44)46-41-27-13-11-25-39(41)45(40-26-12-14-28-42(40)46)38-29-15-17-32-16-7-8-22-35(32)38;1-15(14-11-7-4-8-12-14)13-9-5-2-3-6-10-13/h1-31H;2,4-12H,3H2,1H3. The van der Waals surface area contributed by atoms with E-state index in [-0.39, 0.29) is 0 Å². The van der Waals surface area contributed by atoms with Crippen LogP contribution in [-0.4, -0.2) is 7.05 Å². The molecule has 296 valence electrons. The molecule has 1 aliphatic rings. The van der Waals surface area contributed by atoms with Crippen LogP contribution in [0.25, 0.3) is 65.3 Å². The van der Waals surface area contributed by atoms with Gasteiger partial charge in [0.2, 0.25) is 0 Å². The molecule has 0 aliphatic heterocycles. The summed E-state index contributed by atoms with van der Waals surface area (Å²) in [6, 6.07) is 78.5. The lowest BCUT2D eigenvalue weighted by Gasteiger charge is -2.28. The molecule has 10 aromatic carbocycles. The lowest BCUT2D eigenvalue weighted by molar-refractivity contribution is 1.14.